The Labute approximate surface area is 174 Å². The Hall–Kier alpha value is -2.81. The van der Waals surface area contributed by atoms with Crippen LogP contribution in [0.25, 0.3) is 22.3 Å². The highest BCUT2D eigenvalue weighted by Gasteiger charge is 2.11. The minimum atomic E-state index is 0.0439. The number of hydrogen-bond acceptors (Lipinski definition) is 2. The zero-order valence-corrected chi connectivity index (χ0v) is 17.6. The van der Waals surface area contributed by atoms with Gasteiger partial charge in [0, 0.05) is 30.6 Å². The maximum atomic E-state index is 13.2. The molecule has 0 aliphatic heterocycles. The number of nitrogens with zero attached hydrogens (tertiary/aromatic N) is 1. The molecule has 0 aliphatic carbocycles. The molecule has 0 fully saturated rings. The molecule has 0 aliphatic rings. The molecular formula is C26H31NO2. The fourth-order valence-corrected chi connectivity index (χ4v) is 3.56. The van der Waals surface area contributed by atoms with Crippen molar-refractivity contribution in [2.24, 2.45) is 7.05 Å². The van der Waals surface area contributed by atoms with Gasteiger partial charge in [-0.2, -0.15) is 0 Å². The zero-order valence-electron chi connectivity index (χ0n) is 17.6. The van der Waals surface area contributed by atoms with Gasteiger partial charge in [-0.3, -0.25) is 4.79 Å². The summed E-state index contributed by atoms with van der Waals surface area (Å²) in [5.41, 5.74) is 3.28. The highest BCUT2D eigenvalue weighted by atomic mass is 16.5. The van der Waals surface area contributed by atoms with Gasteiger partial charge in [-0.1, -0.05) is 81.5 Å². The van der Waals surface area contributed by atoms with Gasteiger partial charge in [-0.25, -0.2) is 0 Å². The minimum absolute atomic E-state index is 0.0439. The average Bonchev–Trinajstić information content (AvgIpc) is 2.75. The first-order valence-corrected chi connectivity index (χ1v) is 10.7. The van der Waals surface area contributed by atoms with Crippen LogP contribution in [-0.4, -0.2) is 11.2 Å². The predicted octanol–water partition coefficient (Wildman–Crippen LogP) is 6.46. The molecule has 152 valence electrons. The standard InChI is InChI=1S/C26H31NO2/c1-3-4-5-6-7-11-17-29-23-16-12-15-22(18-23)25-20-27(2)19-24(26(25)28)21-13-9-8-10-14-21/h8-10,12-16,18-20H,3-7,11,17H2,1-2H3. The largest absolute Gasteiger partial charge is 0.494 e. The van der Waals surface area contributed by atoms with Crippen LogP contribution in [-0.2, 0) is 7.05 Å². The first kappa shape index (κ1) is 20.9. The van der Waals surface area contributed by atoms with Gasteiger partial charge in [-0.05, 0) is 29.7 Å². The maximum absolute atomic E-state index is 13.2. The molecule has 0 atom stereocenters. The molecule has 1 aromatic heterocycles. The normalized spacial score (nSPS) is 10.8. The summed E-state index contributed by atoms with van der Waals surface area (Å²) in [6, 6.07) is 17.7. The van der Waals surface area contributed by atoms with E-state index >= 15 is 0 Å². The zero-order chi connectivity index (χ0) is 20.5. The van der Waals surface area contributed by atoms with Crippen molar-refractivity contribution in [3.05, 3.63) is 77.2 Å². The highest BCUT2D eigenvalue weighted by Crippen LogP contribution is 2.24. The van der Waals surface area contributed by atoms with Crippen LogP contribution in [0.3, 0.4) is 0 Å². The van der Waals surface area contributed by atoms with Gasteiger partial charge in [0.25, 0.3) is 0 Å². The maximum Gasteiger partial charge on any atom is 0.197 e. The number of unbranched alkanes of at least 4 members (excludes halogenated alkanes) is 5. The van der Waals surface area contributed by atoms with Crippen LogP contribution in [0.4, 0.5) is 0 Å². The van der Waals surface area contributed by atoms with E-state index in [1.807, 2.05) is 78.6 Å². The molecule has 3 rings (SSSR count). The Kier molecular flexibility index (Phi) is 7.69. The van der Waals surface area contributed by atoms with Crippen molar-refractivity contribution in [3.8, 4) is 28.0 Å². The number of hydrogen-bond donors (Lipinski definition) is 0. The molecule has 29 heavy (non-hydrogen) atoms. The van der Waals surface area contributed by atoms with Gasteiger partial charge in [0.05, 0.1) is 6.61 Å². The van der Waals surface area contributed by atoms with E-state index in [0.29, 0.717) is 11.1 Å². The monoisotopic (exact) mass is 389 g/mol. The van der Waals surface area contributed by atoms with E-state index in [9.17, 15) is 4.79 Å². The molecule has 3 heteroatoms. The molecule has 0 amide bonds. The van der Waals surface area contributed by atoms with Crippen LogP contribution in [0.15, 0.2) is 71.8 Å². The highest BCUT2D eigenvalue weighted by molar-refractivity contribution is 5.72. The number of ether oxygens (including phenoxy) is 1. The molecule has 0 saturated heterocycles. The van der Waals surface area contributed by atoms with Crippen LogP contribution < -0.4 is 10.2 Å². The van der Waals surface area contributed by atoms with Crippen molar-refractivity contribution in [2.75, 3.05) is 6.61 Å². The number of aryl methyl sites for hydroxylation is 1. The van der Waals surface area contributed by atoms with Crippen molar-refractivity contribution >= 4 is 0 Å². The number of rotatable bonds is 10. The van der Waals surface area contributed by atoms with Crippen LogP contribution in [0.1, 0.15) is 45.4 Å². The van der Waals surface area contributed by atoms with Crippen LogP contribution in [0.5, 0.6) is 5.75 Å². The molecule has 1 heterocycles. The quantitative estimate of drug-likeness (QED) is 0.373. The Morgan fingerprint density at radius 1 is 0.793 bits per heavy atom. The molecule has 0 spiro atoms. The summed E-state index contributed by atoms with van der Waals surface area (Å²) < 4.78 is 7.90. The van der Waals surface area contributed by atoms with E-state index < -0.39 is 0 Å². The predicted molar refractivity (Wildman–Crippen MR) is 121 cm³/mol. The second kappa shape index (κ2) is 10.7. The van der Waals surface area contributed by atoms with Gasteiger partial charge < -0.3 is 9.30 Å². The Morgan fingerprint density at radius 3 is 2.21 bits per heavy atom. The second-order valence-electron chi connectivity index (χ2n) is 7.59. The van der Waals surface area contributed by atoms with Crippen molar-refractivity contribution in [1.29, 1.82) is 0 Å². The van der Waals surface area contributed by atoms with Gasteiger partial charge in [0.1, 0.15) is 5.75 Å². The van der Waals surface area contributed by atoms with Crippen molar-refractivity contribution in [1.82, 2.24) is 4.57 Å². The first-order chi connectivity index (χ1) is 14.2. The lowest BCUT2D eigenvalue weighted by Gasteiger charge is -2.11. The second-order valence-corrected chi connectivity index (χ2v) is 7.59. The number of benzene rings is 2. The smallest absolute Gasteiger partial charge is 0.197 e. The van der Waals surface area contributed by atoms with Crippen molar-refractivity contribution in [2.45, 2.75) is 45.4 Å². The molecular weight excluding hydrogens is 358 g/mol. The summed E-state index contributed by atoms with van der Waals surface area (Å²) in [5, 5.41) is 0. The molecule has 3 aromatic rings. The summed E-state index contributed by atoms with van der Waals surface area (Å²) in [4.78, 5) is 13.2. The molecule has 0 saturated carbocycles. The van der Waals surface area contributed by atoms with E-state index in [1.54, 1.807) is 0 Å². The van der Waals surface area contributed by atoms with E-state index in [1.165, 1.54) is 32.1 Å². The minimum Gasteiger partial charge on any atom is -0.494 e. The van der Waals surface area contributed by atoms with Gasteiger partial charge >= 0.3 is 0 Å². The van der Waals surface area contributed by atoms with E-state index in [4.69, 9.17) is 4.74 Å². The van der Waals surface area contributed by atoms with Crippen molar-refractivity contribution in [3.63, 3.8) is 0 Å². The van der Waals surface area contributed by atoms with Crippen LogP contribution >= 0.6 is 0 Å². The SMILES string of the molecule is CCCCCCCCOc1cccc(-c2cn(C)cc(-c3ccccc3)c2=O)c1. The van der Waals surface area contributed by atoms with E-state index in [0.717, 1.165) is 29.9 Å². The Morgan fingerprint density at radius 2 is 1.45 bits per heavy atom. The lowest BCUT2D eigenvalue weighted by molar-refractivity contribution is 0.304. The molecule has 2 aromatic carbocycles. The Balaban J connectivity index is 1.74. The number of pyridine rings is 1. The summed E-state index contributed by atoms with van der Waals surface area (Å²) in [6.45, 7) is 2.95. The third kappa shape index (κ3) is 5.83. The summed E-state index contributed by atoms with van der Waals surface area (Å²) >= 11 is 0. The summed E-state index contributed by atoms with van der Waals surface area (Å²) in [6.07, 6.45) is 11.2. The first-order valence-electron chi connectivity index (χ1n) is 10.7. The van der Waals surface area contributed by atoms with E-state index in [2.05, 4.69) is 6.92 Å². The van der Waals surface area contributed by atoms with Gasteiger partial charge in [0.15, 0.2) is 5.43 Å². The number of aromatic nitrogens is 1. The van der Waals surface area contributed by atoms with Crippen LogP contribution in [0.2, 0.25) is 0 Å². The van der Waals surface area contributed by atoms with Gasteiger partial charge in [-0.15, -0.1) is 0 Å². The molecule has 0 bridgehead atoms. The molecule has 3 nitrogen and oxygen atoms in total. The van der Waals surface area contributed by atoms with E-state index in [-0.39, 0.29) is 5.43 Å². The lowest BCUT2D eigenvalue weighted by Crippen LogP contribution is -2.11. The Bertz CT molecular complexity index is 960. The fourth-order valence-electron chi connectivity index (χ4n) is 3.56. The van der Waals surface area contributed by atoms with Crippen LogP contribution in [0, 0.1) is 0 Å². The van der Waals surface area contributed by atoms with Gasteiger partial charge in [0.2, 0.25) is 0 Å². The molecule has 0 unspecified atom stereocenters. The third-order valence-electron chi connectivity index (χ3n) is 5.15. The third-order valence-corrected chi connectivity index (χ3v) is 5.15. The topological polar surface area (TPSA) is 31.2 Å². The van der Waals surface area contributed by atoms with Crippen molar-refractivity contribution < 1.29 is 4.74 Å². The lowest BCUT2D eigenvalue weighted by atomic mass is 10.0. The molecule has 0 radical (unpaired) electrons. The summed E-state index contributed by atoms with van der Waals surface area (Å²) in [7, 11) is 1.95. The molecule has 0 N–H and O–H groups in total. The average molecular weight is 390 g/mol. The fraction of sp³-hybridized carbons (Fsp3) is 0.346. The summed E-state index contributed by atoms with van der Waals surface area (Å²) in [5.74, 6) is 0.822.